The zero-order valence-corrected chi connectivity index (χ0v) is 14.9. The maximum atomic E-state index is 12.2. The molecule has 0 saturated carbocycles. The van der Waals surface area contributed by atoms with E-state index in [0.717, 1.165) is 30.7 Å². The summed E-state index contributed by atoms with van der Waals surface area (Å²) in [6.07, 6.45) is 1.61. The van der Waals surface area contributed by atoms with Crippen molar-refractivity contribution in [1.82, 2.24) is 4.98 Å². The smallest absolute Gasteiger partial charge is 0.254 e. The van der Waals surface area contributed by atoms with Crippen molar-refractivity contribution in [3.05, 3.63) is 34.7 Å². The van der Waals surface area contributed by atoms with E-state index in [4.69, 9.17) is 21.1 Å². The van der Waals surface area contributed by atoms with Crippen LogP contribution in [0.25, 0.3) is 11.3 Å². The average molecular weight is 367 g/mol. The van der Waals surface area contributed by atoms with Gasteiger partial charge < -0.3 is 9.47 Å². The van der Waals surface area contributed by atoms with E-state index >= 15 is 0 Å². The Hall–Kier alpha value is -1.47. The molecule has 0 aliphatic carbocycles. The first-order valence-corrected chi connectivity index (χ1v) is 9.13. The molecule has 1 N–H and O–H groups in total. The molecule has 2 aromatic rings. The van der Waals surface area contributed by atoms with Crippen molar-refractivity contribution in [3.8, 4) is 11.3 Å². The highest BCUT2D eigenvalue weighted by Gasteiger charge is 2.20. The quantitative estimate of drug-likeness (QED) is 0.839. The highest BCUT2D eigenvalue weighted by Crippen LogP contribution is 2.26. The number of benzene rings is 1. The van der Waals surface area contributed by atoms with E-state index in [9.17, 15) is 4.79 Å². The van der Waals surface area contributed by atoms with Gasteiger partial charge in [0.05, 0.1) is 18.4 Å². The molecule has 1 aliphatic heterocycles. The summed E-state index contributed by atoms with van der Waals surface area (Å²) in [5, 5.41) is 5.93. The molecule has 0 bridgehead atoms. The summed E-state index contributed by atoms with van der Waals surface area (Å²) in [6.45, 7) is 2.96. The molecule has 1 aromatic heterocycles. The third kappa shape index (κ3) is 4.54. The molecule has 24 heavy (non-hydrogen) atoms. The van der Waals surface area contributed by atoms with Crippen molar-refractivity contribution in [3.63, 3.8) is 0 Å². The van der Waals surface area contributed by atoms with Crippen molar-refractivity contribution < 1.29 is 14.3 Å². The zero-order chi connectivity index (χ0) is 16.9. The van der Waals surface area contributed by atoms with E-state index in [2.05, 4.69) is 10.3 Å². The number of nitrogens with one attached hydrogen (secondary N) is 1. The van der Waals surface area contributed by atoms with Crippen LogP contribution in [0.4, 0.5) is 5.13 Å². The van der Waals surface area contributed by atoms with Gasteiger partial charge in [0.1, 0.15) is 6.10 Å². The highest BCUT2D eigenvalue weighted by atomic mass is 35.5. The monoisotopic (exact) mass is 366 g/mol. The van der Waals surface area contributed by atoms with Crippen LogP contribution in [-0.2, 0) is 14.3 Å². The Morgan fingerprint density at radius 1 is 1.50 bits per heavy atom. The number of thiazole rings is 1. The van der Waals surface area contributed by atoms with Gasteiger partial charge in [-0.25, -0.2) is 4.98 Å². The lowest BCUT2D eigenvalue weighted by Gasteiger charge is -2.15. The van der Waals surface area contributed by atoms with Crippen LogP contribution >= 0.6 is 22.9 Å². The first-order chi connectivity index (χ1) is 11.6. The number of carbonyl (C=O) groups is 1. The molecule has 1 aliphatic rings. The SMILES string of the molecule is CC(OCC1CCCO1)C(=O)Nc1nc(-c2ccc(Cl)cc2)cs1. The van der Waals surface area contributed by atoms with Crippen LogP contribution in [0.3, 0.4) is 0 Å². The fourth-order valence-corrected chi connectivity index (χ4v) is 3.24. The van der Waals surface area contributed by atoms with E-state index in [1.165, 1.54) is 11.3 Å². The summed E-state index contributed by atoms with van der Waals surface area (Å²) in [4.78, 5) is 16.6. The molecule has 1 fully saturated rings. The van der Waals surface area contributed by atoms with E-state index < -0.39 is 6.10 Å². The number of carbonyl (C=O) groups excluding carboxylic acids is 1. The Morgan fingerprint density at radius 3 is 3.00 bits per heavy atom. The number of rotatable bonds is 6. The Labute approximate surface area is 150 Å². The fraction of sp³-hybridized carbons (Fsp3) is 0.412. The van der Waals surface area contributed by atoms with Gasteiger partial charge in [0.25, 0.3) is 5.91 Å². The molecule has 1 amide bonds. The first-order valence-electron chi connectivity index (χ1n) is 7.87. The van der Waals surface area contributed by atoms with Crippen molar-refractivity contribution in [2.75, 3.05) is 18.5 Å². The molecule has 5 nitrogen and oxygen atoms in total. The summed E-state index contributed by atoms with van der Waals surface area (Å²) in [5.41, 5.74) is 1.76. The zero-order valence-electron chi connectivity index (χ0n) is 13.3. The second-order valence-electron chi connectivity index (χ2n) is 5.64. The van der Waals surface area contributed by atoms with Crippen LogP contribution in [0.2, 0.25) is 5.02 Å². The summed E-state index contributed by atoms with van der Waals surface area (Å²) in [7, 11) is 0. The first kappa shape index (κ1) is 17.4. The summed E-state index contributed by atoms with van der Waals surface area (Å²) in [5.74, 6) is -0.204. The number of halogens is 1. The molecule has 0 spiro atoms. The number of ether oxygens (including phenoxy) is 2. The molecule has 2 atom stereocenters. The maximum absolute atomic E-state index is 12.2. The van der Waals surface area contributed by atoms with Gasteiger partial charge in [-0.15, -0.1) is 11.3 Å². The van der Waals surface area contributed by atoms with Gasteiger partial charge in [-0.2, -0.15) is 0 Å². The number of nitrogens with zero attached hydrogens (tertiary/aromatic N) is 1. The minimum atomic E-state index is -0.544. The van der Waals surface area contributed by atoms with Gasteiger partial charge in [-0.3, -0.25) is 10.1 Å². The molecular weight excluding hydrogens is 348 g/mol. The van der Waals surface area contributed by atoms with Crippen LogP contribution in [0, 0.1) is 0 Å². The van der Waals surface area contributed by atoms with E-state index in [1.54, 1.807) is 6.92 Å². The van der Waals surface area contributed by atoms with Crippen LogP contribution in [0.15, 0.2) is 29.6 Å². The average Bonchev–Trinajstić information content (AvgIpc) is 3.25. The van der Waals surface area contributed by atoms with Gasteiger partial charge in [0.2, 0.25) is 0 Å². The second kappa shape index (κ2) is 8.07. The molecule has 128 valence electrons. The number of aromatic nitrogens is 1. The Kier molecular flexibility index (Phi) is 5.84. The summed E-state index contributed by atoms with van der Waals surface area (Å²) < 4.78 is 11.1. The van der Waals surface area contributed by atoms with Crippen LogP contribution in [-0.4, -0.2) is 36.3 Å². The van der Waals surface area contributed by atoms with Crippen LogP contribution in [0.5, 0.6) is 0 Å². The topological polar surface area (TPSA) is 60.5 Å². The lowest BCUT2D eigenvalue weighted by atomic mass is 10.2. The number of anilines is 1. The van der Waals surface area contributed by atoms with E-state index in [1.807, 2.05) is 29.6 Å². The minimum Gasteiger partial charge on any atom is -0.376 e. The molecule has 7 heteroatoms. The lowest BCUT2D eigenvalue weighted by Crippen LogP contribution is -2.30. The third-order valence-corrected chi connectivity index (χ3v) is 4.81. The summed E-state index contributed by atoms with van der Waals surface area (Å²) in [6, 6.07) is 7.43. The molecule has 3 rings (SSSR count). The van der Waals surface area contributed by atoms with Gasteiger partial charge in [0.15, 0.2) is 5.13 Å². The molecule has 1 saturated heterocycles. The molecule has 2 unspecified atom stereocenters. The van der Waals surface area contributed by atoms with Crippen LogP contribution in [0.1, 0.15) is 19.8 Å². The Morgan fingerprint density at radius 2 is 2.29 bits per heavy atom. The predicted molar refractivity (Wildman–Crippen MR) is 95.6 cm³/mol. The number of hydrogen-bond donors (Lipinski definition) is 1. The standard InChI is InChI=1S/C17H19ClN2O3S/c1-11(23-9-14-3-2-8-22-14)16(21)20-17-19-15(10-24-17)12-4-6-13(18)7-5-12/h4-7,10-11,14H,2-3,8-9H2,1H3,(H,19,20,21). The highest BCUT2D eigenvalue weighted by molar-refractivity contribution is 7.14. The maximum Gasteiger partial charge on any atom is 0.254 e. The van der Waals surface area contributed by atoms with Gasteiger partial charge >= 0.3 is 0 Å². The van der Waals surface area contributed by atoms with Gasteiger partial charge in [-0.05, 0) is 31.9 Å². The third-order valence-electron chi connectivity index (χ3n) is 3.80. The fourth-order valence-electron chi connectivity index (χ4n) is 2.39. The molecule has 0 radical (unpaired) electrons. The van der Waals surface area contributed by atoms with E-state index in [-0.39, 0.29) is 12.0 Å². The normalized spacial score (nSPS) is 18.5. The molecule has 2 heterocycles. The van der Waals surface area contributed by atoms with Gasteiger partial charge in [-0.1, -0.05) is 23.7 Å². The van der Waals surface area contributed by atoms with Crippen molar-refractivity contribution in [1.29, 1.82) is 0 Å². The predicted octanol–water partition coefficient (Wildman–Crippen LogP) is 3.99. The molecule has 1 aromatic carbocycles. The van der Waals surface area contributed by atoms with Crippen LogP contribution < -0.4 is 5.32 Å². The minimum absolute atomic E-state index is 0.108. The number of amides is 1. The largest absolute Gasteiger partial charge is 0.376 e. The van der Waals surface area contributed by atoms with Crippen molar-refractivity contribution in [2.45, 2.75) is 32.0 Å². The van der Waals surface area contributed by atoms with Gasteiger partial charge in [0, 0.05) is 22.6 Å². The number of hydrogen-bond acceptors (Lipinski definition) is 5. The Bertz CT molecular complexity index is 683. The Balaban J connectivity index is 1.53. The van der Waals surface area contributed by atoms with Crippen molar-refractivity contribution >= 4 is 34.0 Å². The van der Waals surface area contributed by atoms with E-state index in [0.29, 0.717) is 16.8 Å². The van der Waals surface area contributed by atoms with Crippen molar-refractivity contribution in [2.24, 2.45) is 0 Å². The second-order valence-corrected chi connectivity index (χ2v) is 6.94. The molecular formula is C17H19ClN2O3S. The summed E-state index contributed by atoms with van der Waals surface area (Å²) >= 11 is 7.27. The lowest BCUT2D eigenvalue weighted by molar-refractivity contribution is -0.128.